The van der Waals surface area contributed by atoms with Crippen molar-refractivity contribution in [1.82, 2.24) is 10.6 Å². The molecule has 7 N–H and O–H groups in total. The molecule has 0 radical (unpaired) electrons. The van der Waals surface area contributed by atoms with Crippen LogP contribution in [0, 0.1) is 10.7 Å². The van der Waals surface area contributed by atoms with E-state index in [0.29, 0.717) is 7.14 Å². The summed E-state index contributed by atoms with van der Waals surface area (Å²) in [6.45, 7) is -0.597. The Labute approximate surface area is 243 Å². The highest BCUT2D eigenvalue weighted by Gasteiger charge is 2.32. The van der Waals surface area contributed by atoms with Gasteiger partial charge in [0.05, 0.1) is 68.6 Å². The van der Waals surface area contributed by atoms with Gasteiger partial charge in [-0.15, -0.1) is 0 Å². The van der Waals surface area contributed by atoms with Crippen LogP contribution < -0.4 is 15.5 Å². The molecule has 0 saturated carbocycles. The SMILES string of the molecule is COC[C@@H](O)CN(C(C)=O)c1c(I)c(C(=O)NC[C@H](O)CO)c(I)c(C(=O)NC[C@@H](O)CO)c1I. The van der Waals surface area contributed by atoms with E-state index in [1.54, 1.807) is 0 Å². The molecule has 3 amide bonds. The molecular weight excluding hydrogens is 807 g/mol. The number of aliphatic hydroxyl groups is 5. The fourth-order valence-corrected chi connectivity index (χ4v) is 7.57. The fourth-order valence-electron chi connectivity index (χ4n) is 2.85. The van der Waals surface area contributed by atoms with Crippen LogP contribution in [0.15, 0.2) is 0 Å². The Balaban J connectivity index is 3.72. The third-order valence-electron chi connectivity index (χ3n) is 4.57. The maximum Gasteiger partial charge on any atom is 0.253 e. The van der Waals surface area contributed by atoms with E-state index < -0.39 is 49.2 Å². The maximum absolute atomic E-state index is 13.1. The lowest BCUT2D eigenvalue weighted by Gasteiger charge is -2.29. The number of hydrogen-bond acceptors (Lipinski definition) is 9. The largest absolute Gasteiger partial charge is 0.394 e. The van der Waals surface area contributed by atoms with Gasteiger partial charge < -0.3 is 45.8 Å². The average Bonchev–Trinajstić information content (AvgIpc) is 2.80. The second-order valence-electron chi connectivity index (χ2n) is 7.37. The predicted octanol–water partition coefficient (Wildman–Crippen LogP) is -0.973. The Morgan fingerprint density at radius 1 is 0.857 bits per heavy atom. The van der Waals surface area contributed by atoms with Crippen LogP contribution >= 0.6 is 67.8 Å². The first kappa shape index (κ1) is 32.6. The Hall–Kier alpha value is -0.420. The van der Waals surface area contributed by atoms with Crippen molar-refractivity contribution in [3.05, 3.63) is 21.8 Å². The van der Waals surface area contributed by atoms with Gasteiger partial charge in [-0.25, -0.2) is 0 Å². The van der Waals surface area contributed by atoms with E-state index in [-0.39, 0.29) is 46.6 Å². The lowest BCUT2D eigenvalue weighted by molar-refractivity contribution is -0.117. The van der Waals surface area contributed by atoms with E-state index in [9.17, 15) is 29.7 Å². The maximum atomic E-state index is 13.1. The number of benzene rings is 1. The molecule has 0 saturated heterocycles. The van der Waals surface area contributed by atoms with Crippen molar-refractivity contribution < 1.29 is 44.7 Å². The molecule has 0 unspecified atom stereocenters. The van der Waals surface area contributed by atoms with Gasteiger partial charge >= 0.3 is 0 Å². The number of rotatable bonds is 13. The van der Waals surface area contributed by atoms with Gasteiger partial charge in [-0.2, -0.15) is 0 Å². The highest BCUT2D eigenvalue weighted by atomic mass is 127. The molecule has 0 heterocycles. The van der Waals surface area contributed by atoms with Crippen LogP contribution in [0.2, 0.25) is 0 Å². The summed E-state index contributed by atoms with van der Waals surface area (Å²) in [5, 5.41) is 52.6. The minimum atomic E-state index is -1.20. The number of nitrogens with zero attached hydrogens (tertiary/aromatic N) is 1. The van der Waals surface area contributed by atoms with Gasteiger partial charge in [-0.3, -0.25) is 14.4 Å². The fraction of sp³-hybridized carbons (Fsp3) is 0.550. The summed E-state index contributed by atoms with van der Waals surface area (Å²) in [5.74, 6) is -1.77. The number of carbonyl (C=O) groups excluding carboxylic acids is 3. The number of ether oxygens (including phenoxy) is 1. The molecule has 1 aromatic carbocycles. The van der Waals surface area contributed by atoms with Crippen LogP contribution in [-0.4, -0.2) is 108 Å². The van der Waals surface area contributed by atoms with Crippen molar-refractivity contribution in [3.63, 3.8) is 0 Å². The van der Waals surface area contributed by atoms with Crippen molar-refractivity contribution in [1.29, 1.82) is 0 Å². The quantitative estimate of drug-likeness (QED) is 0.123. The topological polar surface area (TPSA) is 189 Å². The first-order valence-electron chi connectivity index (χ1n) is 10.2. The molecule has 35 heavy (non-hydrogen) atoms. The molecule has 0 spiro atoms. The summed E-state index contributed by atoms with van der Waals surface area (Å²) in [7, 11) is 1.40. The zero-order chi connectivity index (χ0) is 26.9. The highest BCUT2D eigenvalue weighted by Crippen LogP contribution is 2.38. The monoisotopic (exact) mass is 835 g/mol. The molecule has 0 aliphatic heterocycles. The summed E-state index contributed by atoms with van der Waals surface area (Å²) in [6, 6.07) is 0. The Morgan fingerprint density at radius 3 is 1.63 bits per heavy atom. The molecule has 1 aromatic rings. The van der Waals surface area contributed by atoms with E-state index in [1.165, 1.54) is 18.9 Å². The highest BCUT2D eigenvalue weighted by molar-refractivity contribution is 14.1. The minimum Gasteiger partial charge on any atom is -0.394 e. The minimum absolute atomic E-state index is 0.0482. The Bertz CT molecular complexity index is 867. The van der Waals surface area contributed by atoms with Crippen LogP contribution in [0.3, 0.4) is 0 Å². The van der Waals surface area contributed by atoms with Gasteiger partial charge in [0.1, 0.15) is 0 Å². The van der Waals surface area contributed by atoms with Crippen molar-refractivity contribution in [2.24, 2.45) is 0 Å². The first-order valence-corrected chi connectivity index (χ1v) is 13.4. The number of halogens is 3. The third kappa shape index (κ3) is 9.13. The Kier molecular flexibility index (Phi) is 14.7. The standard InChI is InChI=1S/C20H28I3N3O9/c1-9(29)26(5-12(32)8-35-2)18-16(22)13(19(33)24-3-10(30)6-27)15(21)14(17(18)23)20(34)25-4-11(31)7-28/h10-12,27-28,30-32H,3-8H2,1-2H3,(H,24,33)(H,25,34)/t10-,11+,12-/m0/s1. The molecule has 3 atom stereocenters. The molecule has 15 heteroatoms. The lowest BCUT2D eigenvalue weighted by Crippen LogP contribution is -2.41. The summed E-state index contributed by atoms with van der Waals surface area (Å²) in [6.07, 6.45) is -3.44. The van der Waals surface area contributed by atoms with Crippen LogP contribution in [0.5, 0.6) is 0 Å². The number of aliphatic hydroxyl groups excluding tert-OH is 5. The normalized spacial score (nSPS) is 13.7. The number of carbonyl (C=O) groups is 3. The van der Waals surface area contributed by atoms with Gasteiger partial charge in [-0.05, 0) is 67.8 Å². The zero-order valence-corrected chi connectivity index (χ0v) is 25.4. The predicted molar refractivity (Wildman–Crippen MR) is 151 cm³/mol. The van der Waals surface area contributed by atoms with Gasteiger partial charge in [-0.1, -0.05) is 0 Å². The lowest BCUT2D eigenvalue weighted by atomic mass is 10.1. The van der Waals surface area contributed by atoms with Crippen LogP contribution in [-0.2, 0) is 9.53 Å². The van der Waals surface area contributed by atoms with Crippen molar-refractivity contribution in [2.45, 2.75) is 25.2 Å². The van der Waals surface area contributed by atoms with E-state index in [0.717, 1.165) is 0 Å². The van der Waals surface area contributed by atoms with Gasteiger partial charge in [0.15, 0.2) is 0 Å². The number of methoxy groups -OCH3 is 1. The average molecular weight is 835 g/mol. The summed E-state index contributed by atoms with van der Waals surface area (Å²) >= 11 is 5.57. The molecule has 198 valence electrons. The van der Waals surface area contributed by atoms with Crippen molar-refractivity contribution in [3.8, 4) is 0 Å². The number of nitrogens with one attached hydrogen (secondary N) is 2. The van der Waals surface area contributed by atoms with Crippen LogP contribution in [0.25, 0.3) is 0 Å². The third-order valence-corrected chi connectivity index (χ3v) is 7.75. The first-order chi connectivity index (χ1) is 16.4. The van der Waals surface area contributed by atoms with Gasteiger partial charge in [0, 0.05) is 30.7 Å². The Morgan fingerprint density at radius 2 is 1.29 bits per heavy atom. The number of hydrogen-bond donors (Lipinski definition) is 7. The zero-order valence-electron chi connectivity index (χ0n) is 18.9. The molecule has 0 fully saturated rings. The van der Waals surface area contributed by atoms with Crippen molar-refractivity contribution >= 4 is 91.2 Å². The second-order valence-corrected chi connectivity index (χ2v) is 10.6. The van der Waals surface area contributed by atoms with E-state index >= 15 is 0 Å². The van der Waals surface area contributed by atoms with Crippen LogP contribution in [0.1, 0.15) is 27.6 Å². The summed E-state index contributed by atoms with van der Waals surface area (Å²) in [5.41, 5.74) is 0.314. The van der Waals surface area contributed by atoms with Gasteiger partial charge in [0.25, 0.3) is 11.8 Å². The number of anilines is 1. The van der Waals surface area contributed by atoms with E-state index in [4.69, 9.17) is 14.9 Å². The molecule has 0 aliphatic carbocycles. The van der Waals surface area contributed by atoms with E-state index in [1.807, 2.05) is 67.8 Å². The van der Waals surface area contributed by atoms with Gasteiger partial charge in [0.2, 0.25) is 5.91 Å². The van der Waals surface area contributed by atoms with Crippen molar-refractivity contribution in [2.75, 3.05) is 51.5 Å². The molecule has 12 nitrogen and oxygen atoms in total. The second kappa shape index (κ2) is 15.7. The number of amides is 3. The molecule has 0 aliphatic rings. The molecular formula is C20H28I3N3O9. The molecule has 0 aromatic heterocycles. The summed E-state index contributed by atoms with van der Waals surface area (Å²) < 4.78 is 5.83. The van der Waals surface area contributed by atoms with E-state index in [2.05, 4.69) is 10.6 Å². The smallest absolute Gasteiger partial charge is 0.253 e. The molecule has 1 rings (SSSR count). The summed E-state index contributed by atoms with van der Waals surface area (Å²) in [4.78, 5) is 40.0. The van der Waals surface area contributed by atoms with Crippen LogP contribution in [0.4, 0.5) is 5.69 Å². The molecule has 0 bridgehead atoms.